The molecule has 0 heteroatoms. The van der Waals surface area contributed by atoms with Gasteiger partial charge in [-0.2, -0.15) is 0 Å². The average Bonchev–Trinajstić information content (AvgIpc) is 2.40. The van der Waals surface area contributed by atoms with Gasteiger partial charge in [0.15, 0.2) is 0 Å². The lowest BCUT2D eigenvalue weighted by Gasteiger charge is -2.32. The molecule has 0 aromatic heterocycles. The topological polar surface area (TPSA) is 0 Å². The number of rotatable bonds is 4. The van der Waals surface area contributed by atoms with Crippen LogP contribution in [0.25, 0.3) is 0 Å². The predicted molar refractivity (Wildman–Crippen MR) is 78.8 cm³/mol. The van der Waals surface area contributed by atoms with Crippen molar-refractivity contribution in [3.8, 4) is 0 Å². The summed E-state index contributed by atoms with van der Waals surface area (Å²) >= 11 is 0. The van der Waals surface area contributed by atoms with Crippen LogP contribution >= 0.6 is 0 Å². The van der Waals surface area contributed by atoms with Crippen LogP contribution in [-0.4, -0.2) is 0 Å². The first-order chi connectivity index (χ1) is 8.63. The molecular weight excluding hydrogens is 216 g/mol. The monoisotopic (exact) mass is 238 g/mol. The van der Waals surface area contributed by atoms with Crippen molar-refractivity contribution in [1.29, 1.82) is 0 Å². The van der Waals surface area contributed by atoms with E-state index in [1.54, 1.807) is 0 Å². The van der Waals surface area contributed by atoms with Crippen LogP contribution < -0.4 is 0 Å². The van der Waals surface area contributed by atoms with Gasteiger partial charge in [-0.1, -0.05) is 81.4 Å². The highest BCUT2D eigenvalue weighted by Gasteiger charge is 2.29. The largest absolute Gasteiger partial charge is 0.0627 e. The second kappa shape index (κ2) is 5.39. The predicted octanol–water partition coefficient (Wildman–Crippen LogP) is 5.04. The third-order valence-corrected chi connectivity index (χ3v) is 3.64. The molecule has 0 aliphatic carbocycles. The fourth-order valence-electron chi connectivity index (χ4n) is 2.83. The van der Waals surface area contributed by atoms with Crippen molar-refractivity contribution in [2.75, 3.05) is 0 Å². The van der Waals surface area contributed by atoms with E-state index in [1.165, 1.54) is 17.5 Å². The zero-order valence-electron chi connectivity index (χ0n) is 11.6. The molecule has 0 aliphatic heterocycles. The Morgan fingerprint density at radius 2 is 1.17 bits per heavy atom. The minimum Gasteiger partial charge on any atom is -0.0627 e. The Bertz CT molecular complexity index is 428. The van der Waals surface area contributed by atoms with Gasteiger partial charge in [-0.15, -0.1) is 0 Å². The van der Waals surface area contributed by atoms with E-state index in [0.717, 1.165) is 0 Å². The first-order valence-corrected chi connectivity index (χ1v) is 6.74. The molecule has 0 saturated carbocycles. The van der Waals surface area contributed by atoms with Crippen LogP contribution in [0.2, 0.25) is 0 Å². The van der Waals surface area contributed by atoms with E-state index in [9.17, 15) is 0 Å². The SMILES string of the molecule is CC(C)CC(C)(c1ccccc1)c1ccccc1. The first kappa shape index (κ1) is 12.9. The molecule has 0 bridgehead atoms. The van der Waals surface area contributed by atoms with Gasteiger partial charge in [-0.05, 0) is 23.5 Å². The first-order valence-electron chi connectivity index (χ1n) is 6.74. The maximum atomic E-state index is 2.36. The maximum Gasteiger partial charge on any atom is 0.0177 e. The minimum absolute atomic E-state index is 0.108. The van der Waals surface area contributed by atoms with Crippen molar-refractivity contribution in [1.82, 2.24) is 0 Å². The average molecular weight is 238 g/mol. The van der Waals surface area contributed by atoms with Crippen molar-refractivity contribution in [2.45, 2.75) is 32.6 Å². The summed E-state index contributed by atoms with van der Waals surface area (Å²) in [6.07, 6.45) is 1.17. The number of hydrogen-bond donors (Lipinski definition) is 0. The maximum absolute atomic E-state index is 2.36. The van der Waals surface area contributed by atoms with E-state index >= 15 is 0 Å². The highest BCUT2D eigenvalue weighted by molar-refractivity contribution is 5.38. The van der Waals surface area contributed by atoms with Crippen molar-refractivity contribution < 1.29 is 0 Å². The van der Waals surface area contributed by atoms with Crippen LogP contribution in [-0.2, 0) is 5.41 Å². The van der Waals surface area contributed by atoms with Gasteiger partial charge in [0, 0.05) is 5.41 Å². The molecule has 0 unspecified atom stereocenters. The Morgan fingerprint density at radius 3 is 1.50 bits per heavy atom. The summed E-state index contributed by atoms with van der Waals surface area (Å²) in [6, 6.07) is 21.7. The molecule has 0 nitrogen and oxygen atoms in total. The Hall–Kier alpha value is -1.56. The summed E-state index contributed by atoms with van der Waals surface area (Å²) in [4.78, 5) is 0. The van der Waals surface area contributed by atoms with Gasteiger partial charge in [-0.3, -0.25) is 0 Å². The highest BCUT2D eigenvalue weighted by Crippen LogP contribution is 2.37. The lowest BCUT2D eigenvalue weighted by molar-refractivity contribution is 0.427. The van der Waals surface area contributed by atoms with Crippen molar-refractivity contribution in [3.63, 3.8) is 0 Å². The van der Waals surface area contributed by atoms with Gasteiger partial charge in [-0.25, -0.2) is 0 Å². The van der Waals surface area contributed by atoms with E-state index in [2.05, 4.69) is 81.4 Å². The van der Waals surface area contributed by atoms with E-state index in [1.807, 2.05) is 0 Å². The quantitative estimate of drug-likeness (QED) is 0.700. The summed E-state index contributed by atoms with van der Waals surface area (Å²) in [6.45, 7) is 6.95. The molecule has 0 spiro atoms. The molecule has 0 amide bonds. The Balaban J connectivity index is 2.48. The van der Waals surface area contributed by atoms with Crippen LogP contribution in [0.1, 0.15) is 38.3 Å². The normalized spacial score (nSPS) is 11.8. The molecule has 94 valence electrons. The third kappa shape index (κ3) is 2.64. The minimum atomic E-state index is 0.108. The molecule has 0 aliphatic rings. The standard InChI is InChI=1S/C18H22/c1-15(2)14-18(3,16-10-6-4-7-11-16)17-12-8-5-9-13-17/h4-13,15H,14H2,1-3H3. The molecule has 18 heavy (non-hydrogen) atoms. The van der Waals surface area contributed by atoms with Gasteiger partial charge >= 0.3 is 0 Å². The van der Waals surface area contributed by atoms with E-state index in [4.69, 9.17) is 0 Å². The molecule has 2 rings (SSSR count). The second-order valence-corrected chi connectivity index (χ2v) is 5.66. The number of hydrogen-bond acceptors (Lipinski definition) is 0. The van der Waals surface area contributed by atoms with Gasteiger partial charge < -0.3 is 0 Å². The van der Waals surface area contributed by atoms with Gasteiger partial charge in [0.05, 0.1) is 0 Å². The molecule has 2 aromatic carbocycles. The summed E-state index contributed by atoms with van der Waals surface area (Å²) in [5, 5.41) is 0. The van der Waals surface area contributed by atoms with Gasteiger partial charge in [0.2, 0.25) is 0 Å². The van der Waals surface area contributed by atoms with Crippen molar-refractivity contribution in [2.24, 2.45) is 5.92 Å². The van der Waals surface area contributed by atoms with Crippen molar-refractivity contribution in [3.05, 3.63) is 71.8 Å². The van der Waals surface area contributed by atoms with Gasteiger partial charge in [0.1, 0.15) is 0 Å². The number of benzene rings is 2. The van der Waals surface area contributed by atoms with Crippen LogP contribution in [0.5, 0.6) is 0 Å². The summed E-state index contributed by atoms with van der Waals surface area (Å²) in [5.74, 6) is 0.676. The summed E-state index contributed by atoms with van der Waals surface area (Å²) < 4.78 is 0. The lowest BCUT2D eigenvalue weighted by Crippen LogP contribution is -2.25. The molecule has 2 aromatic rings. The van der Waals surface area contributed by atoms with Gasteiger partial charge in [0.25, 0.3) is 0 Å². The van der Waals surface area contributed by atoms with Crippen LogP contribution in [0.4, 0.5) is 0 Å². The Morgan fingerprint density at radius 1 is 0.778 bits per heavy atom. The molecular formula is C18H22. The summed E-state index contributed by atoms with van der Waals surface area (Å²) in [5.41, 5.74) is 2.92. The highest BCUT2D eigenvalue weighted by atomic mass is 14.3. The Labute approximate surface area is 111 Å². The van der Waals surface area contributed by atoms with E-state index in [0.29, 0.717) is 5.92 Å². The second-order valence-electron chi connectivity index (χ2n) is 5.66. The fourth-order valence-corrected chi connectivity index (χ4v) is 2.83. The van der Waals surface area contributed by atoms with Crippen LogP contribution in [0, 0.1) is 5.92 Å². The molecule has 0 atom stereocenters. The van der Waals surface area contributed by atoms with E-state index < -0.39 is 0 Å². The molecule has 0 N–H and O–H groups in total. The Kier molecular flexibility index (Phi) is 3.86. The van der Waals surface area contributed by atoms with Crippen molar-refractivity contribution >= 4 is 0 Å². The molecule has 0 fully saturated rings. The lowest BCUT2D eigenvalue weighted by atomic mass is 9.71. The van der Waals surface area contributed by atoms with Crippen LogP contribution in [0.15, 0.2) is 60.7 Å². The summed E-state index contributed by atoms with van der Waals surface area (Å²) in [7, 11) is 0. The third-order valence-electron chi connectivity index (χ3n) is 3.64. The smallest absolute Gasteiger partial charge is 0.0177 e. The molecule has 0 saturated heterocycles. The fraction of sp³-hybridized carbons (Fsp3) is 0.333. The zero-order chi connectivity index (χ0) is 13.0. The molecule has 0 heterocycles. The van der Waals surface area contributed by atoms with E-state index in [-0.39, 0.29) is 5.41 Å². The zero-order valence-corrected chi connectivity index (χ0v) is 11.6. The molecule has 0 radical (unpaired) electrons. The van der Waals surface area contributed by atoms with Crippen LogP contribution in [0.3, 0.4) is 0 Å².